The standard InChI is InChI=1S/C34H43N5O6S/c1-46-18-16-29(33(42)43)36-31(40)22-38(20-26-13-7-12-25-11-5-6-15-28(25)26)21-27-14-8-17-39(27)32(41)30(19-35)37-34(44)45-23-24-9-3-2-4-10-24/h2-7,9-13,15,27,29-30H,8,14,16-23,35H2,1H3,(H,36,40)(H,37,44)(H,42,43)/t27-,29-,30-/m0/s1. The summed E-state index contributed by atoms with van der Waals surface area (Å²) in [6.07, 6.45) is 2.95. The number of hydrogen-bond acceptors (Lipinski definition) is 8. The molecular formula is C34H43N5O6S. The van der Waals surface area contributed by atoms with Crippen LogP contribution in [-0.4, -0.2) is 95.1 Å². The molecule has 1 saturated heterocycles. The van der Waals surface area contributed by atoms with Crippen molar-refractivity contribution in [1.82, 2.24) is 20.4 Å². The molecule has 0 aliphatic carbocycles. The van der Waals surface area contributed by atoms with Gasteiger partial charge in [0.15, 0.2) is 0 Å². The SMILES string of the molecule is CSCC[C@H](NC(=O)CN(Cc1cccc2ccccc12)C[C@@H]1CCCN1C(=O)[C@H](CN)NC(=O)OCc1ccccc1)C(=O)O. The summed E-state index contributed by atoms with van der Waals surface area (Å²) in [4.78, 5) is 54.9. The van der Waals surface area contributed by atoms with Crippen molar-refractivity contribution in [1.29, 1.82) is 0 Å². The summed E-state index contributed by atoms with van der Waals surface area (Å²) in [5, 5.41) is 17.1. The maximum Gasteiger partial charge on any atom is 0.408 e. The Balaban J connectivity index is 1.47. The van der Waals surface area contributed by atoms with Gasteiger partial charge in [-0.1, -0.05) is 72.8 Å². The van der Waals surface area contributed by atoms with Crippen molar-refractivity contribution >= 4 is 46.4 Å². The number of hydrogen-bond donors (Lipinski definition) is 4. The highest BCUT2D eigenvalue weighted by atomic mass is 32.2. The Morgan fingerprint density at radius 1 is 1.02 bits per heavy atom. The zero-order chi connectivity index (χ0) is 32.9. The van der Waals surface area contributed by atoms with Gasteiger partial charge >= 0.3 is 12.1 Å². The first-order valence-corrected chi connectivity index (χ1v) is 16.9. The van der Waals surface area contributed by atoms with Crippen LogP contribution < -0.4 is 16.4 Å². The Kier molecular flexibility index (Phi) is 13.2. The number of aliphatic carboxylic acids is 1. The summed E-state index contributed by atoms with van der Waals surface area (Å²) in [6.45, 7) is 1.20. The Labute approximate surface area is 273 Å². The van der Waals surface area contributed by atoms with Gasteiger partial charge in [0, 0.05) is 32.2 Å². The quantitative estimate of drug-likeness (QED) is 0.183. The number of fused-ring (bicyclic) bond motifs is 1. The van der Waals surface area contributed by atoms with E-state index < -0.39 is 30.1 Å². The number of benzene rings is 3. The third-order valence-corrected chi connectivity index (χ3v) is 8.70. The molecule has 1 aliphatic rings. The van der Waals surface area contributed by atoms with E-state index in [-0.39, 0.29) is 31.6 Å². The zero-order valence-corrected chi connectivity index (χ0v) is 26.9. The lowest BCUT2D eigenvalue weighted by molar-refractivity contribution is -0.142. The number of thioether (sulfide) groups is 1. The van der Waals surface area contributed by atoms with Gasteiger partial charge in [-0.3, -0.25) is 14.5 Å². The molecule has 5 N–H and O–H groups in total. The lowest BCUT2D eigenvalue weighted by Gasteiger charge is -2.33. The van der Waals surface area contributed by atoms with E-state index in [0.29, 0.717) is 38.2 Å². The first kappa shape index (κ1) is 34.7. The summed E-state index contributed by atoms with van der Waals surface area (Å²) >= 11 is 1.52. The fourth-order valence-electron chi connectivity index (χ4n) is 5.73. The van der Waals surface area contributed by atoms with Gasteiger partial charge in [-0.15, -0.1) is 0 Å². The number of likely N-dealkylation sites (tertiary alicyclic amines) is 1. The van der Waals surface area contributed by atoms with Crippen molar-refractivity contribution in [2.75, 3.05) is 38.2 Å². The Morgan fingerprint density at radius 3 is 2.50 bits per heavy atom. The molecule has 4 rings (SSSR count). The van der Waals surface area contributed by atoms with Crippen LogP contribution in [0.2, 0.25) is 0 Å². The van der Waals surface area contributed by atoms with Gasteiger partial charge < -0.3 is 31.1 Å². The highest BCUT2D eigenvalue weighted by Crippen LogP contribution is 2.23. The maximum atomic E-state index is 13.7. The molecule has 1 fully saturated rings. The molecule has 11 nitrogen and oxygen atoms in total. The number of nitrogens with two attached hydrogens (primary N) is 1. The molecule has 12 heteroatoms. The molecule has 3 aromatic carbocycles. The minimum absolute atomic E-state index is 0.0464. The number of carbonyl (C=O) groups is 4. The first-order valence-electron chi connectivity index (χ1n) is 15.5. The van der Waals surface area contributed by atoms with Crippen molar-refractivity contribution in [3.63, 3.8) is 0 Å². The van der Waals surface area contributed by atoms with Crippen molar-refractivity contribution in [3.05, 3.63) is 83.9 Å². The molecule has 0 saturated carbocycles. The van der Waals surface area contributed by atoms with Gasteiger partial charge in [0.2, 0.25) is 11.8 Å². The molecule has 1 aliphatic heterocycles. The molecule has 0 unspecified atom stereocenters. The largest absolute Gasteiger partial charge is 0.480 e. The van der Waals surface area contributed by atoms with Crippen LogP contribution in [0, 0.1) is 0 Å². The number of carboxylic acid groups (broad SMARTS) is 1. The van der Waals surface area contributed by atoms with Crippen molar-refractivity contribution in [2.45, 2.75) is 50.5 Å². The topological polar surface area (TPSA) is 154 Å². The number of carbonyl (C=O) groups excluding carboxylic acids is 3. The Hall–Kier alpha value is -4.13. The van der Waals surface area contributed by atoms with Crippen LogP contribution in [0.1, 0.15) is 30.4 Å². The molecule has 0 aromatic heterocycles. The van der Waals surface area contributed by atoms with Crippen LogP contribution in [-0.2, 0) is 32.3 Å². The number of nitrogens with one attached hydrogen (secondary N) is 2. The molecule has 0 bridgehead atoms. The Bertz CT molecular complexity index is 1470. The molecule has 3 aromatic rings. The monoisotopic (exact) mass is 649 g/mol. The summed E-state index contributed by atoms with van der Waals surface area (Å²) in [5.41, 5.74) is 7.78. The summed E-state index contributed by atoms with van der Waals surface area (Å²) in [6, 6.07) is 21.1. The van der Waals surface area contributed by atoms with Gasteiger partial charge in [0.1, 0.15) is 18.7 Å². The number of nitrogens with zero attached hydrogens (tertiary/aromatic N) is 2. The van der Waals surface area contributed by atoms with E-state index in [0.717, 1.165) is 28.3 Å². The van der Waals surface area contributed by atoms with Crippen LogP contribution in [0.25, 0.3) is 10.8 Å². The second-order valence-corrected chi connectivity index (χ2v) is 12.4. The second-order valence-electron chi connectivity index (χ2n) is 11.4. The molecule has 46 heavy (non-hydrogen) atoms. The minimum atomic E-state index is -1.07. The van der Waals surface area contributed by atoms with Crippen LogP contribution in [0.3, 0.4) is 0 Å². The molecule has 1 heterocycles. The summed E-state index contributed by atoms with van der Waals surface area (Å²) in [5.74, 6) is -1.17. The Morgan fingerprint density at radius 2 is 1.76 bits per heavy atom. The normalized spacial score (nSPS) is 15.8. The van der Waals surface area contributed by atoms with Gasteiger partial charge in [0.25, 0.3) is 0 Å². The van der Waals surface area contributed by atoms with Gasteiger partial charge in [-0.2, -0.15) is 11.8 Å². The lowest BCUT2D eigenvalue weighted by Crippen LogP contribution is -2.55. The second kappa shape index (κ2) is 17.5. The van der Waals surface area contributed by atoms with E-state index in [1.165, 1.54) is 11.8 Å². The van der Waals surface area contributed by atoms with Crippen LogP contribution in [0.4, 0.5) is 4.79 Å². The fraction of sp³-hybridized carbons (Fsp3) is 0.412. The van der Waals surface area contributed by atoms with Crippen molar-refractivity contribution < 1.29 is 29.0 Å². The molecule has 0 radical (unpaired) electrons. The predicted molar refractivity (Wildman–Crippen MR) is 179 cm³/mol. The van der Waals surface area contributed by atoms with Gasteiger partial charge in [-0.05, 0) is 53.2 Å². The number of carboxylic acids is 1. The first-order chi connectivity index (χ1) is 22.3. The highest BCUT2D eigenvalue weighted by molar-refractivity contribution is 7.98. The van der Waals surface area contributed by atoms with E-state index >= 15 is 0 Å². The molecule has 3 amide bonds. The molecular weight excluding hydrogens is 606 g/mol. The number of amides is 3. The lowest BCUT2D eigenvalue weighted by atomic mass is 10.0. The molecule has 3 atom stereocenters. The number of rotatable bonds is 16. The van der Waals surface area contributed by atoms with Crippen LogP contribution >= 0.6 is 11.8 Å². The van der Waals surface area contributed by atoms with E-state index in [2.05, 4.69) is 10.6 Å². The zero-order valence-electron chi connectivity index (χ0n) is 26.1. The number of alkyl carbamates (subject to hydrolysis) is 1. The van der Waals surface area contributed by atoms with E-state index in [1.54, 1.807) is 4.90 Å². The average Bonchev–Trinajstić information content (AvgIpc) is 3.52. The van der Waals surface area contributed by atoms with Gasteiger partial charge in [-0.25, -0.2) is 9.59 Å². The van der Waals surface area contributed by atoms with Crippen LogP contribution in [0.5, 0.6) is 0 Å². The van der Waals surface area contributed by atoms with Crippen LogP contribution in [0.15, 0.2) is 72.8 Å². The van der Waals surface area contributed by atoms with E-state index in [1.807, 2.05) is 84.0 Å². The fourth-order valence-corrected chi connectivity index (χ4v) is 6.21. The molecule has 0 spiro atoms. The average molecular weight is 650 g/mol. The molecule has 246 valence electrons. The predicted octanol–water partition coefficient (Wildman–Crippen LogP) is 3.21. The third kappa shape index (κ3) is 9.93. The third-order valence-electron chi connectivity index (χ3n) is 8.05. The van der Waals surface area contributed by atoms with Crippen molar-refractivity contribution in [3.8, 4) is 0 Å². The summed E-state index contributed by atoms with van der Waals surface area (Å²) < 4.78 is 5.31. The van der Waals surface area contributed by atoms with E-state index in [9.17, 15) is 24.3 Å². The van der Waals surface area contributed by atoms with Gasteiger partial charge in [0.05, 0.1) is 6.54 Å². The summed E-state index contributed by atoms with van der Waals surface area (Å²) in [7, 11) is 0. The van der Waals surface area contributed by atoms with E-state index in [4.69, 9.17) is 10.5 Å². The highest BCUT2D eigenvalue weighted by Gasteiger charge is 2.35. The number of ether oxygens (including phenoxy) is 1. The maximum absolute atomic E-state index is 13.7. The smallest absolute Gasteiger partial charge is 0.408 e. The minimum Gasteiger partial charge on any atom is -0.480 e. The van der Waals surface area contributed by atoms with Crippen molar-refractivity contribution in [2.24, 2.45) is 5.73 Å².